The third-order valence-electron chi connectivity index (χ3n) is 1.28. The summed E-state index contributed by atoms with van der Waals surface area (Å²) in [6.07, 6.45) is 0. The van der Waals surface area contributed by atoms with E-state index in [0.717, 1.165) is 26.3 Å². The van der Waals surface area contributed by atoms with Crippen LogP contribution in [0.5, 0.6) is 0 Å². The van der Waals surface area contributed by atoms with Crippen LogP contribution in [0.1, 0.15) is 0 Å². The Kier molecular flexibility index (Phi) is 6.50. The fraction of sp³-hybridized carbons (Fsp3) is 0.800. The van der Waals surface area contributed by atoms with Gasteiger partial charge in [0.2, 0.25) is 0 Å². The van der Waals surface area contributed by atoms with Gasteiger partial charge in [-0.3, -0.25) is 0 Å². The smallest absolute Gasteiger partial charge is 0.378 e. The first-order valence-corrected chi connectivity index (χ1v) is 3.72. The summed E-state index contributed by atoms with van der Waals surface area (Å²) in [7, 11) is 0. The van der Waals surface area contributed by atoms with E-state index in [1.165, 1.54) is 0 Å². The quantitative estimate of drug-likeness (QED) is 0.256. The topological polar surface area (TPSA) is 12.5 Å². The second-order valence-electron chi connectivity index (χ2n) is 1.88. The van der Waals surface area contributed by atoms with Crippen LogP contribution in [0.3, 0.4) is 0 Å². The maximum atomic E-state index is 5.11. The number of thiocarbonyl (C=S) groups is 1. The summed E-state index contributed by atoms with van der Waals surface area (Å²) >= 11 is 8.89. The van der Waals surface area contributed by atoms with E-state index in [-0.39, 0.29) is 29.6 Å². The number of rotatable bonds is 0. The molecule has 1 aliphatic heterocycles. The Hall–Kier alpha value is 1.20. The standard InChI is InChI=1S/C5H9NOS2.Na/c8-5(9)6-1-3-7-4-2-6;/h1-4H2,(H,8,9);/q;+1. The second-order valence-corrected chi connectivity index (χ2v) is 2.99. The molecular formula is C5H9NNaOS2+. The molecule has 5 heteroatoms. The first kappa shape index (κ1) is 11.2. The molecule has 52 valence electrons. The van der Waals surface area contributed by atoms with E-state index >= 15 is 0 Å². The maximum Gasteiger partial charge on any atom is 1.00 e. The summed E-state index contributed by atoms with van der Waals surface area (Å²) in [5.41, 5.74) is 0. The van der Waals surface area contributed by atoms with Gasteiger partial charge in [0.25, 0.3) is 0 Å². The molecule has 2 nitrogen and oxygen atoms in total. The molecule has 1 aliphatic rings. The molecule has 0 aliphatic carbocycles. The van der Waals surface area contributed by atoms with Crippen molar-refractivity contribution in [2.75, 3.05) is 26.3 Å². The minimum atomic E-state index is 0. The van der Waals surface area contributed by atoms with Crippen LogP contribution < -0.4 is 29.6 Å². The fourth-order valence-corrected chi connectivity index (χ4v) is 1.14. The van der Waals surface area contributed by atoms with Crippen molar-refractivity contribution in [3.05, 3.63) is 0 Å². The van der Waals surface area contributed by atoms with Gasteiger partial charge in [0, 0.05) is 13.1 Å². The molecule has 10 heavy (non-hydrogen) atoms. The second kappa shape index (κ2) is 5.80. The molecule has 0 N–H and O–H groups in total. The van der Waals surface area contributed by atoms with Crippen LogP contribution in [-0.2, 0) is 4.74 Å². The monoisotopic (exact) mass is 186 g/mol. The molecule has 0 saturated carbocycles. The van der Waals surface area contributed by atoms with E-state index in [1.54, 1.807) is 0 Å². The van der Waals surface area contributed by atoms with Crippen molar-refractivity contribution in [3.8, 4) is 0 Å². The van der Waals surface area contributed by atoms with Crippen LogP contribution in [0.4, 0.5) is 0 Å². The van der Waals surface area contributed by atoms with Crippen molar-refractivity contribution in [2.24, 2.45) is 0 Å². The van der Waals surface area contributed by atoms with Gasteiger partial charge in [-0.15, -0.1) is 12.6 Å². The van der Waals surface area contributed by atoms with E-state index in [4.69, 9.17) is 17.0 Å². The van der Waals surface area contributed by atoms with Crippen LogP contribution in [0, 0.1) is 0 Å². The molecular weight excluding hydrogens is 177 g/mol. The van der Waals surface area contributed by atoms with Gasteiger partial charge in [0.15, 0.2) is 0 Å². The Morgan fingerprint density at radius 1 is 1.40 bits per heavy atom. The summed E-state index contributed by atoms with van der Waals surface area (Å²) in [6.45, 7) is 3.34. The van der Waals surface area contributed by atoms with Crippen LogP contribution >= 0.6 is 24.8 Å². The minimum Gasteiger partial charge on any atom is -0.378 e. The van der Waals surface area contributed by atoms with Gasteiger partial charge >= 0.3 is 29.6 Å². The number of hydrogen-bond acceptors (Lipinski definition) is 2. The average Bonchev–Trinajstić information content (AvgIpc) is 1.90. The molecule has 1 heterocycles. The number of nitrogens with zero attached hydrogens (tertiary/aromatic N) is 1. The molecule has 1 saturated heterocycles. The first-order chi connectivity index (χ1) is 4.30. The summed E-state index contributed by atoms with van der Waals surface area (Å²) < 4.78 is 5.79. The molecule has 0 radical (unpaired) electrons. The molecule has 0 bridgehead atoms. The predicted molar refractivity (Wildman–Crippen MR) is 44.0 cm³/mol. The van der Waals surface area contributed by atoms with Gasteiger partial charge in [0.05, 0.1) is 13.2 Å². The zero-order valence-corrected chi connectivity index (χ0v) is 9.75. The summed E-state index contributed by atoms with van der Waals surface area (Å²) in [6, 6.07) is 0. The Balaban J connectivity index is 0.000000810. The molecule has 0 spiro atoms. The van der Waals surface area contributed by atoms with Gasteiger partial charge in [-0.1, -0.05) is 12.2 Å². The molecule has 0 amide bonds. The molecule has 1 fully saturated rings. The third-order valence-corrected chi connectivity index (χ3v) is 1.82. The maximum absolute atomic E-state index is 5.11. The van der Waals surface area contributed by atoms with Crippen molar-refractivity contribution in [1.29, 1.82) is 0 Å². The van der Waals surface area contributed by atoms with E-state index in [9.17, 15) is 0 Å². The molecule has 0 unspecified atom stereocenters. The Morgan fingerprint density at radius 3 is 2.20 bits per heavy atom. The van der Waals surface area contributed by atoms with E-state index in [0.29, 0.717) is 4.32 Å². The zero-order chi connectivity index (χ0) is 6.69. The summed E-state index contributed by atoms with van der Waals surface area (Å²) in [5.74, 6) is 0. The molecule has 0 aromatic heterocycles. The van der Waals surface area contributed by atoms with E-state index in [2.05, 4.69) is 12.6 Å². The average molecular weight is 186 g/mol. The number of thiol groups is 1. The minimum absolute atomic E-state index is 0. The van der Waals surface area contributed by atoms with Gasteiger partial charge in [-0.25, -0.2) is 0 Å². The number of hydrogen-bond donors (Lipinski definition) is 1. The summed E-state index contributed by atoms with van der Waals surface area (Å²) in [4.78, 5) is 2.03. The Bertz CT molecular complexity index is 116. The van der Waals surface area contributed by atoms with E-state index < -0.39 is 0 Å². The molecule has 0 atom stereocenters. The van der Waals surface area contributed by atoms with Crippen LogP contribution in [0.25, 0.3) is 0 Å². The molecule has 0 aromatic rings. The van der Waals surface area contributed by atoms with E-state index in [1.807, 2.05) is 4.90 Å². The fourth-order valence-electron chi connectivity index (χ4n) is 0.755. The number of ether oxygens (including phenoxy) is 1. The van der Waals surface area contributed by atoms with Gasteiger partial charge in [-0.2, -0.15) is 0 Å². The first-order valence-electron chi connectivity index (χ1n) is 2.86. The van der Waals surface area contributed by atoms with Crippen molar-refractivity contribution in [2.45, 2.75) is 0 Å². The van der Waals surface area contributed by atoms with Crippen molar-refractivity contribution >= 4 is 29.2 Å². The zero-order valence-electron chi connectivity index (χ0n) is 6.04. The van der Waals surface area contributed by atoms with Crippen LogP contribution in [-0.4, -0.2) is 35.5 Å². The SMILES string of the molecule is S=C(S)N1CCOCC1.[Na+]. The largest absolute Gasteiger partial charge is 1.00 e. The van der Waals surface area contributed by atoms with Crippen LogP contribution in [0.15, 0.2) is 0 Å². The van der Waals surface area contributed by atoms with Crippen molar-refractivity contribution < 1.29 is 34.3 Å². The predicted octanol–water partition coefficient (Wildman–Crippen LogP) is -2.46. The van der Waals surface area contributed by atoms with Crippen LogP contribution in [0.2, 0.25) is 0 Å². The number of morpholine rings is 1. The Labute approximate surface area is 94.0 Å². The molecule has 0 aromatic carbocycles. The Morgan fingerprint density at radius 2 is 1.90 bits per heavy atom. The summed E-state index contributed by atoms with van der Waals surface area (Å²) in [5, 5.41) is 0. The van der Waals surface area contributed by atoms with Crippen molar-refractivity contribution in [1.82, 2.24) is 4.90 Å². The van der Waals surface area contributed by atoms with Gasteiger partial charge in [-0.05, 0) is 0 Å². The van der Waals surface area contributed by atoms with Gasteiger partial charge in [0.1, 0.15) is 4.32 Å². The third kappa shape index (κ3) is 3.55. The molecule has 1 rings (SSSR count). The van der Waals surface area contributed by atoms with Crippen molar-refractivity contribution in [3.63, 3.8) is 0 Å². The van der Waals surface area contributed by atoms with Gasteiger partial charge < -0.3 is 9.64 Å². The normalized spacial score (nSPS) is 17.9.